The molecular formula is C17H13N3O2S. The molecule has 0 aliphatic heterocycles. The van der Waals surface area contributed by atoms with Gasteiger partial charge >= 0.3 is 0 Å². The highest BCUT2D eigenvalue weighted by Gasteiger charge is 2.07. The van der Waals surface area contributed by atoms with Crippen molar-refractivity contribution in [3.8, 4) is 11.1 Å². The molecule has 1 amide bonds. The summed E-state index contributed by atoms with van der Waals surface area (Å²) in [5.41, 5.74) is 8.61. The van der Waals surface area contributed by atoms with Gasteiger partial charge in [0.15, 0.2) is 0 Å². The van der Waals surface area contributed by atoms with E-state index in [1.807, 2.05) is 30.3 Å². The maximum Gasteiger partial charge on any atom is 0.244 e. The lowest BCUT2D eigenvalue weighted by Crippen LogP contribution is -2.08. The topological polar surface area (TPSA) is 78.0 Å². The quantitative estimate of drug-likeness (QED) is 0.440. The molecule has 0 aliphatic carbocycles. The first kappa shape index (κ1) is 15.1. The Balaban J connectivity index is 2.03. The molecule has 0 atom stereocenters. The number of aldehydes is 1. The average Bonchev–Trinajstić information content (AvgIpc) is 2.97. The molecule has 0 aliphatic rings. The fourth-order valence-electron chi connectivity index (χ4n) is 2.34. The van der Waals surface area contributed by atoms with Crippen molar-refractivity contribution in [3.63, 3.8) is 0 Å². The van der Waals surface area contributed by atoms with Crippen LogP contribution in [0.4, 0.5) is 0 Å². The molecule has 1 aromatic heterocycles. The Morgan fingerprint density at radius 2 is 1.83 bits per heavy atom. The van der Waals surface area contributed by atoms with Crippen LogP contribution in [0.2, 0.25) is 0 Å². The van der Waals surface area contributed by atoms with Gasteiger partial charge in [0.2, 0.25) is 5.91 Å². The maximum atomic E-state index is 11.0. The van der Waals surface area contributed by atoms with E-state index in [4.69, 9.17) is 5.73 Å². The zero-order chi connectivity index (χ0) is 16.4. The van der Waals surface area contributed by atoms with Gasteiger partial charge in [0.1, 0.15) is 11.3 Å². The molecule has 0 saturated heterocycles. The number of fused-ring (bicyclic) bond motifs is 1. The Kier molecular flexibility index (Phi) is 3.99. The molecule has 0 fully saturated rings. The highest BCUT2D eigenvalue weighted by molar-refractivity contribution is 7.90. The SMILES string of the molecule is NC(=O)/C=C(\S)n1ncc2cc(-c3ccc(C=O)cc3)ccc21. The lowest BCUT2D eigenvalue weighted by Gasteiger charge is -2.05. The van der Waals surface area contributed by atoms with Crippen LogP contribution in [0.3, 0.4) is 0 Å². The molecule has 0 spiro atoms. The van der Waals surface area contributed by atoms with Crippen LogP contribution < -0.4 is 5.73 Å². The largest absolute Gasteiger partial charge is 0.366 e. The van der Waals surface area contributed by atoms with Crippen LogP contribution in [-0.2, 0) is 4.79 Å². The molecule has 0 radical (unpaired) electrons. The number of nitrogens with two attached hydrogens (primary N) is 1. The second-order valence-corrected chi connectivity index (χ2v) is 5.43. The molecule has 0 saturated carbocycles. The lowest BCUT2D eigenvalue weighted by atomic mass is 10.0. The first-order valence-electron chi connectivity index (χ1n) is 6.82. The number of benzene rings is 2. The Bertz CT molecular complexity index is 927. The Labute approximate surface area is 137 Å². The van der Waals surface area contributed by atoms with Crippen molar-refractivity contribution in [2.45, 2.75) is 0 Å². The number of thiol groups is 1. The van der Waals surface area contributed by atoms with E-state index >= 15 is 0 Å². The molecule has 1 heterocycles. The first-order chi connectivity index (χ1) is 11.1. The Hall–Kier alpha value is -2.86. The summed E-state index contributed by atoms with van der Waals surface area (Å²) in [5.74, 6) is -0.578. The van der Waals surface area contributed by atoms with Crippen LogP contribution in [0.25, 0.3) is 27.1 Å². The minimum Gasteiger partial charge on any atom is -0.366 e. The third kappa shape index (κ3) is 3.02. The average molecular weight is 323 g/mol. The van der Waals surface area contributed by atoms with Gasteiger partial charge in [0.05, 0.1) is 11.7 Å². The standard InChI is InChI=1S/C17H13N3O2S/c18-16(22)8-17(23)20-15-6-5-13(7-14(15)9-19-20)12-3-1-11(10-21)2-4-12/h1-10,23H,(H2,18,22)/b17-8-. The molecule has 0 bridgehead atoms. The van der Waals surface area contributed by atoms with E-state index in [1.165, 1.54) is 6.08 Å². The first-order valence-corrected chi connectivity index (χ1v) is 7.27. The number of amides is 1. The van der Waals surface area contributed by atoms with E-state index in [0.29, 0.717) is 10.6 Å². The third-order valence-corrected chi connectivity index (χ3v) is 3.76. The second kappa shape index (κ2) is 6.10. The van der Waals surface area contributed by atoms with Crippen molar-refractivity contribution >= 4 is 40.8 Å². The molecule has 23 heavy (non-hydrogen) atoms. The summed E-state index contributed by atoms with van der Waals surface area (Å²) >= 11 is 4.25. The van der Waals surface area contributed by atoms with Crippen molar-refractivity contribution < 1.29 is 9.59 Å². The van der Waals surface area contributed by atoms with Gasteiger partial charge in [-0.2, -0.15) is 5.10 Å². The van der Waals surface area contributed by atoms with Crippen LogP contribution >= 0.6 is 12.6 Å². The van der Waals surface area contributed by atoms with E-state index in [1.54, 1.807) is 23.0 Å². The second-order valence-electron chi connectivity index (χ2n) is 4.97. The summed E-state index contributed by atoms with van der Waals surface area (Å²) in [7, 11) is 0. The number of primary amides is 1. The smallest absolute Gasteiger partial charge is 0.244 e. The van der Waals surface area contributed by atoms with Crippen molar-refractivity contribution in [2.75, 3.05) is 0 Å². The fourth-order valence-corrected chi connectivity index (χ4v) is 2.62. The van der Waals surface area contributed by atoms with Gasteiger partial charge in [-0.25, -0.2) is 4.68 Å². The molecule has 2 aromatic carbocycles. The number of hydrogen-bond donors (Lipinski definition) is 2. The monoisotopic (exact) mass is 323 g/mol. The van der Waals surface area contributed by atoms with Crippen LogP contribution in [-0.4, -0.2) is 22.0 Å². The van der Waals surface area contributed by atoms with Crippen LogP contribution in [0.5, 0.6) is 0 Å². The van der Waals surface area contributed by atoms with E-state index in [9.17, 15) is 9.59 Å². The predicted octanol–water partition coefficient (Wildman–Crippen LogP) is 2.73. The highest BCUT2D eigenvalue weighted by atomic mass is 32.1. The highest BCUT2D eigenvalue weighted by Crippen LogP contribution is 2.26. The number of carbonyl (C=O) groups excluding carboxylic acids is 2. The van der Waals surface area contributed by atoms with Gasteiger partial charge < -0.3 is 5.73 Å². The van der Waals surface area contributed by atoms with Gasteiger partial charge in [-0.3, -0.25) is 9.59 Å². The lowest BCUT2D eigenvalue weighted by molar-refractivity contribution is -0.113. The Morgan fingerprint density at radius 3 is 2.48 bits per heavy atom. The summed E-state index contributed by atoms with van der Waals surface area (Å²) in [5, 5.41) is 5.49. The van der Waals surface area contributed by atoms with Crippen molar-refractivity contribution in [1.82, 2.24) is 9.78 Å². The zero-order valence-corrected chi connectivity index (χ0v) is 12.9. The molecule has 6 heteroatoms. The summed E-state index contributed by atoms with van der Waals surface area (Å²) in [6.07, 6.45) is 3.72. The molecule has 3 aromatic rings. The molecular weight excluding hydrogens is 310 g/mol. The van der Waals surface area contributed by atoms with Crippen molar-refractivity contribution in [2.24, 2.45) is 5.73 Å². The van der Waals surface area contributed by atoms with Crippen LogP contribution in [0.15, 0.2) is 54.7 Å². The summed E-state index contributed by atoms with van der Waals surface area (Å²) in [4.78, 5) is 21.7. The predicted molar refractivity (Wildman–Crippen MR) is 93.0 cm³/mol. The van der Waals surface area contributed by atoms with Crippen LogP contribution in [0.1, 0.15) is 10.4 Å². The van der Waals surface area contributed by atoms with E-state index < -0.39 is 5.91 Å². The molecule has 5 nitrogen and oxygen atoms in total. The van der Waals surface area contributed by atoms with Gasteiger partial charge in [0, 0.05) is 17.0 Å². The normalized spacial score (nSPS) is 11.6. The molecule has 2 N–H and O–H groups in total. The third-order valence-electron chi connectivity index (χ3n) is 3.44. The van der Waals surface area contributed by atoms with Gasteiger partial charge in [-0.05, 0) is 23.3 Å². The van der Waals surface area contributed by atoms with E-state index in [0.717, 1.165) is 28.3 Å². The maximum absolute atomic E-state index is 11.0. The molecule has 0 unspecified atom stereocenters. The van der Waals surface area contributed by atoms with Gasteiger partial charge in [-0.1, -0.05) is 30.3 Å². The number of carbonyl (C=O) groups is 2. The number of rotatable bonds is 4. The van der Waals surface area contributed by atoms with Crippen molar-refractivity contribution in [3.05, 3.63) is 60.3 Å². The number of aromatic nitrogens is 2. The fraction of sp³-hybridized carbons (Fsp3) is 0. The van der Waals surface area contributed by atoms with Crippen molar-refractivity contribution in [1.29, 1.82) is 0 Å². The number of nitrogens with zero attached hydrogens (tertiary/aromatic N) is 2. The summed E-state index contributed by atoms with van der Waals surface area (Å²) in [6, 6.07) is 13.2. The molecule has 114 valence electrons. The van der Waals surface area contributed by atoms with Gasteiger partial charge in [-0.15, -0.1) is 12.6 Å². The number of hydrogen-bond acceptors (Lipinski definition) is 4. The van der Waals surface area contributed by atoms with E-state index in [2.05, 4.69) is 17.7 Å². The van der Waals surface area contributed by atoms with E-state index in [-0.39, 0.29) is 0 Å². The minimum atomic E-state index is -0.578. The van der Waals surface area contributed by atoms with Gasteiger partial charge in [0.25, 0.3) is 0 Å². The zero-order valence-electron chi connectivity index (χ0n) is 12.0. The summed E-state index contributed by atoms with van der Waals surface area (Å²) < 4.78 is 1.54. The minimum absolute atomic E-state index is 0.357. The Morgan fingerprint density at radius 1 is 1.13 bits per heavy atom. The van der Waals surface area contributed by atoms with Crippen LogP contribution in [0, 0.1) is 0 Å². The summed E-state index contributed by atoms with van der Waals surface area (Å²) in [6.45, 7) is 0. The molecule has 3 rings (SSSR count).